The van der Waals surface area contributed by atoms with Gasteiger partial charge in [-0.3, -0.25) is 0 Å². The lowest BCUT2D eigenvalue weighted by Gasteiger charge is -2.19. The Balaban J connectivity index is 2.97. The molecule has 0 bridgehead atoms. The Morgan fingerprint density at radius 1 is 1.18 bits per heavy atom. The van der Waals surface area contributed by atoms with Gasteiger partial charge in [-0.05, 0) is 15.9 Å². The fraction of sp³-hybridized carbons (Fsp3) is 0.400. The maximum Gasteiger partial charge on any atom is -0.00581 e. The number of hydrogen-bond acceptors (Lipinski definition) is 1. The van der Waals surface area contributed by atoms with E-state index in [9.17, 15) is 0 Å². The van der Waals surface area contributed by atoms with Crippen LogP contribution in [0.15, 0.2) is 34.8 Å². The van der Waals surface area contributed by atoms with Crippen molar-refractivity contribution >= 4 is 12.6 Å². The number of rotatable bonds is 0. The van der Waals surface area contributed by atoms with Crippen LogP contribution in [-0.4, -0.2) is 0 Å². The van der Waals surface area contributed by atoms with E-state index < -0.39 is 0 Å². The van der Waals surface area contributed by atoms with Crippen molar-refractivity contribution < 1.29 is 0 Å². The molecule has 0 fully saturated rings. The molecule has 0 spiro atoms. The first kappa shape index (κ1) is 8.66. The first-order valence-electron chi connectivity index (χ1n) is 3.80. The van der Waals surface area contributed by atoms with E-state index in [1.807, 2.05) is 12.2 Å². The van der Waals surface area contributed by atoms with Gasteiger partial charge >= 0.3 is 0 Å². The summed E-state index contributed by atoms with van der Waals surface area (Å²) < 4.78 is 0. The quantitative estimate of drug-likeness (QED) is 0.524. The van der Waals surface area contributed by atoms with Gasteiger partial charge in [0.25, 0.3) is 0 Å². The third-order valence-electron chi connectivity index (χ3n) is 1.65. The van der Waals surface area contributed by atoms with Crippen LogP contribution in [0.25, 0.3) is 0 Å². The predicted octanol–water partition coefficient (Wildman–Crippen LogP) is 3.34. The molecule has 0 saturated heterocycles. The van der Waals surface area contributed by atoms with Gasteiger partial charge in [0.15, 0.2) is 0 Å². The first-order chi connectivity index (χ1) is 5.02. The summed E-state index contributed by atoms with van der Waals surface area (Å²) in [5.41, 5.74) is 1.40. The zero-order valence-corrected chi connectivity index (χ0v) is 8.15. The zero-order valence-electron chi connectivity index (χ0n) is 7.26. The zero-order chi connectivity index (χ0) is 8.48. The average molecular weight is 166 g/mol. The largest absolute Gasteiger partial charge is 0.147 e. The van der Waals surface area contributed by atoms with Gasteiger partial charge < -0.3 is 0 Å². The Bertz CT molecular complexity index is 222. The van der Waals surface area contributed by atoms with Gasteiger partial charge in [-0.1, -0.05) is 45.1 Å². The minimum atomic E-state index is 0.164. The van der Waals surface area contributed by atoms with E-state index in [1.54, 1.807) is 0 Å². The fourth-order valence-corrected chi connectivity index (χ4v) is 1.11. The van der Waals surface area contributed by atoms with E-state index in [4.69, 9.17) is 0 Å². The summed E-state index contributed by atoms with van der Waals surface area (Å²) in [5, 5.41) is 0. The van der Waals surface area contributed by atoms with Gasteiger partial charge in [0, 0.05) is 0 Å². The predicted molar refractivity (Wildman–Crippen MR) is 53.7 cm³/mol. The Morgan fingerprint density at radius 2 is 1.64 bits per heavy atom. The van der Waals surface area contributed by atoms with E-state index in [2.05, 4.69) is 45.6 Å². The van der Waals surface area contributed by atoms with Crippen LogP contribution in [0.5, 0.6) is 0 Å². The van der Waals surface area contributed by atoms with E-state index in [0.717, 1.165) is 4.91 Å². The maximum absolute atomic E-state index is 4.48. The Morgan fingerprint density at radius 3 is 2.00 bits per heavy atom. The molecular weight excluding hydrogens is 152 g/mol. The number of allylic oxidation sites excluding steroid dienone is 6. The van der Waals surface area contributed by atoms with Crippen molar-refractivity contribution in [2.45, 2.75) is 20.8 Å². The molecule has 1 aliphatic carbocycles. The van der Waals surface area contributed by atoms with E-state index >= 15 is 0 Å². The maximum atomic E-state index is 4.48. The van der Waals surface area contributed by atoms with Crippen LogP contribution in [0.3, 0.4) is 0 Å². The Kier molecular flexibility index (Phi) is 2.28. The molecule has 0 unspecified atom stereocenters. The van der Waals surface area contributed by atoms with Crippen molar-refractivity contribution in [2.75, 3.05) is 0 Å². The lowest BCUT2D eigenvalue weighted by atomic mass is 9.93. The van der Waals surface area contributed by atoms with E-state index in [-0.39, 0.29) is 5.41 Å². The fourth-order valence-electron chi connectivity index (χ4n) is 0.965. The summed E-state index contributed by atoms with van der Waals surface area (Å²) in [6.07, 6.45) is 8.26. The van der Waals surface area contributed by atoms with Gasteiger partial charge in [0.2, 0.25) is 0 Å². The van der Waals surface area contributed by atoms with Crippen molar-refractivity contribution in [3.8, 4) is 0 Å². The second-order valence-corrected chi connectivity index (χ2v) is 4.22. The van der Waals surface area contributed by atoms with Gasteiger partial charge in [-0.15, -0.1) is 12.6 Å². The van der Waals surface area contributed by atoms with Crippen molar-refractivity contribution in [2.24, 2.45) is 5.41 Å². The Labute approximate surface area is 74.1 Å². The molecular formula is C10H14S. The SMILES string of the molecule is CC(C)(C)C(S)=C1C=CC=C1. The summed E-state index contributed by atoms with van der Waals surface area (Å²) >= 11 is 4.48. The minimum absolute atomic E-state index is 0.164. The summed E-state index contributed by atoms with van der Waals surface area (Å²) in [7, 11) is 0. The number of hydrogen-bond donors (Lipinski definition) is 1. The third-order valence-corrected chi connectivity index (χ3v) is 2.58. The van der Waals surface area contributed by atoms with Gasteiger partial charge in [-0.25, -0.2) is 0 Å². The second kappa shape index (κ2) is 2.90. The van der Waals surface area contributed by atoms with Crippen LogP contribution < -0.4 is 0 Å². The summed E-state index contributed by atoms with van der Waals surface area (Å²) in [5.74, 6) is 0. The first-order valence-corrected chi connectivity index (χ1v) is 4.25. The highest BCUT2D eigenvalue weighted by atomic mass is 32.1. The van der Waals surface area contributed by atoms with Gasteiger partial charge in [0.05, 0.1) is 0 Å². The molecule has 0 saturated carbocycles. The highest BCUT2D eigenvalue weighted by molar-refractivity contribution is 7.84. The summed E-state index contributed by atoms with van der Waals surface area (Å²) in [6, 6.07) is 0. The molecule has 1 rings (SSSR count). The highest BCUT2D eigenvalue weighted by Gasteiger charge is 2.16. The highest BCUT2D eigenvalue weighted by Crippen LogP contribution is 2.32. The van der Waals surface area contributed by atoms with Crippen molar-refractivity contribution in [1.82, 2.24) is 0 Å². The van der Waals surface area contributed by atoms with Crippen LogP contribution in [0.2, 0.25) is 0 Å². The molecule has 1 aliphatic rings. The lowest BCUT2D eigenvalue weighted by molar-refractivity contribution is 0.532. The molecule has 11 heavy (non-hydrogen) atoms. The van der Waals surface area contributed by atoms with Crippen LogP contribution in [-0.2, 0) is 0 Å². The molecule has 1 heteroatoms. The summed E-state index contributed by atoms with van der Waals surface area (Å²) in [4.78, 5) is 1.16. The Hall–Kier alpha value is -0.430. The second-order valence-electron chi connectivity index (χ2n) is 3.77. The minimum Gasteiger partial charge on any atom is -0.147 e. The molecule has 0 aliphatic heterocycles. The van der Waals surface area contributed by atoms with E-state index in [0.29, 0.717) is 0 Å². The molecule has 0 amide bonds. The molecule has 0 heterocycles. The van der Waals surface area contributed by atoms with Crippen molar-refractivity contribution in [1.29, 1.82) is 0 Å². The van der Waals surface area contributed by atoms with Crippen LogP contribution in [0.4, 0.5) is 0 Å². The molecule has 0 aromatic heterocycles. The molecule has 0 radical (unpaired) electrons. The van der Waals surface area contributed by atoms with E-state index in [1.165, 1.54) is 5.57 Å². The van der Waals surface area contributed by atoms with Gasteiger partial charge in [0.1, 0.15) is 0 Å². The molecule has 60 valence electrons. The van der Waals surface area contributed by atoms with Crippen LogP contribution in [0.1, 0.15) is 20.8 Å². The average Bonchev–Trinajstić information content (AvgIpc) is 2.34. The van der Waals surface area contributed by atoms with Crippen LogP contribution >= 0.6 is 12.6 Å². The third kappa shape index (κ3) is 2.00. The lowest BCUT2D eigenvalue weighted by Crippen LogP contribution is -2.06. The monoisotopic (exact) mass is 166 g/mol. The standard InChI is InChI=1S/C10H14S/c1-10(2,3)9(11)8-6-4-5-7-8/h4-7,11H,1-3H3. The van der Waals surface area contributed by atoms with Gasteiger partial charge in [-0.2, -0.15) is 0 Å². The molecule has 0 atom stereocenters. The van der Waals surface area contributed by atoms with Crippen LogP contribution in [0, 0.1) is 5.41 Å². The molecule has 0 nitrogen and oxygen atoms in total. The normalized spacial score (nSPS) is 16.2. The summed E-state index contributed by atoms with van der Waals surface area (Å²) in [6.45, 7) is 6.51. The smallest absolute Gasteiger partial charge is 0.00581 e. The molecule has 0 N–H and O–H groups in total. The molecule has 0 aromatic rings. The van der Waals surface area contributed by atoms with Crippen molar-refractivity contribution in [3.05, 3.63) is 34.8 Å². The van der Waals surface area contributed by atoms with Crippen molar-refractivity contribution in [3.63, 3.8) is 0 Å². The number of thiol groups is 1. The topological polar surface area (TPSA) is 0 Å². The molecule has 0 aromatic carbocycles.